The van der Waals surface area contributed by atoms with Crippen molar-refractivity contribution < 1.29 is 14.3 Å². The third-order valence-electron chi connectivity index (χ3n) is 3.96. The lowest BCUT2D eigenvalue weighted by Crippen LogP contribution is -2.45. The van der Waals surface area contributed by atoms with Crippen LogP contribution in [0.3, 0.4) is 0 Å². The van der Waals surface area contributed by atoms with Crippen molar-refractivity contribution in [2.45, 2.75) is 26.4 Å². The minimum Gasteiger partial charge on any atom is -0.492 e. The van der Waals surface area contributed by atoms with Gasteiger partial charge in [-0.05, 0) is 37.6 Å². The molecule has 0 bridgehead atoms. The van der Waals surface area contributed by atoms with E-state index in [9.17, 15) is 4.79 Å². The van der Waals surface area contributed by atoms with Crippen LogP contribution in [-0.2, 0) is 0 Å². The van der Waals surface area contributed by atoms with Gasteiger partial charge in [-0.2, -0.15) is 0 Å². The van der Waals surface area contributed by atoms with Gasteiger partial charge in [-0.15, -0.1) is 0 Å². The summed E-state index contributed by atoms with van der Waals surface area (Å²) in [6.45, 7) is 5.04. The Labute approximate surface area is 142 Å². The number of nitrogens with one attached hydrogen (secondary N) is 1. The molecule has 0 unspecified atom stereocenters. The number of amides is 2. The molecule has 0 radical (unpaired) electrons. The van der Waals surface area contributed by atoms with Crippen LogP contribution in [0.15, 0.2) is 48.5 Å². The second-order valence-electron chi connectivity index (χ2n) is 5.59. The molecule has 1 heterocycles. The zero-order valence-electron chi connectivity index (χ0n) is 14.0. The monoisotopic (exact) mass is 326 g/mol. The topological polar surface area (TPSA) is 50.8 Å². The molecular weight excluding hydrogens is 304 g/mol. The second kappa shape index (κ2) is 7.25. The maximum atomic E-state index is 12.9. The Hall–Kier alpha value is -2.69. The Morgan fingerprint density at radius 2 is 1.96 bits per heavy atom. The van der Waals surface area contributed by atoms with E-state index in [0.29, 0.717) is 24.6 Å². The Bertz CT molecular complexity index is 717. The molecule has 0 spiro atoms. The van der Waals surface area contributed by atoms with Gasteiger partial charge in [0.05, 0.1) is 24.5 Å². The van der Waals surface area contributed by atoms with E-state index in [1.54, 1.807) is 4.90 Å². The minimum absolute atomic E-state index is 0.00668. The predicted molar refractivity (Wildman–Crippen MR) is 95.1 cm³/mol. The van der Waals surface area contributed by atoms with Gasteiger partial charge in [0.25, 0.3) is 0 Å². The van der Waals surface area contributed by atoms with Crippen LogP contribution in [0.5, 0.6) is 11.5 Å². The fourth-order valence-corrected chi connectivity index (χ4v) is 2.74. The predicted octanol–water partition coefficient (Wildman–Crippen LogP) is 4.29. The lowest BCUT2D eigenvalue weighted by Gasteiger charge is -2.34. The van der Waals surface area contributed by atoms with Crippen LogP contribution in [0.1, 0.15) is 20.3 Å². The van der Waals surface area contributed by atoms with Gasteiger partial charge in [0, 0.05) is 0 Å². The standard InChI is InChI=1S/C19H22N2O3/c1-3-14-13-21(16-10-6-8-12-18(16)24-14)19(22)20-15-9-5-7-11-17(15)23-4-2/h5-12,14H,3-4,13H2,1-2H3,(H,20,22)/t14-/m1/s1. The van der Waals surface area contributed by atoms with Gasteiger partial charge in [-0.25, -0.2) is 4.79 Å². The Morgan fingerprint density at radius 1 is 1.21 bits per heavy atom. The highest BCUT2D eigenvalue weighted by Gasteiger charge is 2.29. The second-order valence-corrected chi connectivity index (χ2v) is 5.59. The fraction of sp³-hybridized carbons (Fsp3) is 0.316. The van der Waals surface area contributed by atoms with E-state index in [0.717, 1.165) is 17.9 Å². The summed E-state index contributed by atoms with van der Waals surface area (Å²) in [6.07, 6.45) is 0.834. The van der Waals surface area contributed by atoms with E-state index in [4.69, 9.17) is 9.47 Å². The van der Waals surface area contributed by atoms with Crippen LogP contribution in [-0.4, -0.2) is 25.3 Å². The van der Waals surface area contributed by atoms with Crippen molar-refractivity contribution in [3.8, 4) is 11.5 Å². The fourth-order valence-electron chi connectivity index (χ4n) is 2.74. The van der Waals surface area contributed by atoms with Gasteiger partial charge in [-0.3, -0.25) is 4.90 Å². The van der Waals surface area contributed by atoms with Gasteiger partial charge >= 0.3 is 6.03 Å². The summed E-state index contributed by atoms with van der Waals surface area (Å²) in [7, 11) is 0. The molecule has 1 aliphatic rings. The quantitative estimate of drug-likeness (QED) is 0.911. The molecule has 0 aromatic heterocycles. The van der Waals surface area contributed by atoms with Crippen molar-refractivity contribution in [1.82, 2.24) is 0 Å². The number of carbonyl (C=O) groups is 1. The van der Waals surface area contributed by atoms with E-state index >= 15 is 0 Å². The SMILES string of the molecule is CCOc1ccccc1NC(=O)N1C[C@@H](CC)Oc2ccccc21. The molecule has 2 aromatic carbocycles. The van der Waals surface area contributed by atoms with E-state index in [2.05, 4.69) is 12.2 Å². The van der Waals surface area contributed by atoms with E-state index in [1.807, 2.05) is 55.5 Å². The molecule has 0 aliphatic carbocycles. The number of urea groups is 1. The average molecular weight is 326 g/mol. The molecule has 5 nitrogen and oxygen atoms in total. The Morgan fingerprint density at radius 3 is 2.75 bits per heavy atom. The molecule has 5 heteroatoms. The van der Waals surface area contributed by atoms with Gasteiger partial charge in [0.1, 0.15) is 17.6 Å². The Kier molecular flexibility index (Phi) is 4.89. The summed E-state index contributed by atoms with van der Waals surface area (Å²) >= 11 is 0. The van der Waals surface area contributed by atoms with Gasteiger partial charge in [0.15, 0.2) is 0 Å². The molecule has 1 aliphatic heterocycles. The highest BCUT2D eigenvalue weighted by Crippen LogP contribution is 2.34. The Balaban J connectivity index is 1.85. The van der Waals surface area contributed by atoms with Crippen LogP contribution in [0.25, 0.3) is 0 Å². The van der Waals surface area contributed by atoms with E-state index in [1.165, 1.54) is 0 Å². The zero-order chi connectivity index (χ0) is 16.9. The van der Waals surface area contributed by atoms with Crippen molar-refractivity contribution in [2.75, 3.05) is 23.4 Å². The normalized spacial score (nSPS) is 16.1. The molecule has 1 atom stereocenters. The van der Waals surface area contributed by atoms with Crippen molar-refractivity contribution in [3.63, 3.8) is 0 Å². The number of carbonyl (C=O) groups excluding carboxylic acids is 1. The maximum Gasteiger partial charge on any atom is 0.326 e. The zero-order valence-corrected chi connectivity index (χ0v) is 14.0. The molecule has 0 saturated carbocycles. The molecule has 24 heavy (non-hydrogen) atoms. The first-order chi connectivity index (χ1) is 11.7. The molecular formula is C19H22N2O3. The van der Waals surface area contributed by atoms with Crippen LogP contribution in [0.4, 0.5) is 16.2 Å². The largest absolute Gasteiger partial charge is 0.492 e. The smallest absolute Gasteiger partial charge is 0.326 e. The number of anilines is 2. The number of rotatable bonds is 4. The van der Waals surface area contributed by atoms with Crippen LogP contribution < -0.4 is 19.7 Å². The summed E-state index contributed by atoms with van der Waals surface area (Å²) in [5.41, 5.74) is 1.45. The van der Waals surface area contributed by atoms with Gasteiger partial charge in [-0.1, -0.05) is 31.2 Å². The number of benzene rings is 2. The summed E-state index contributed by atoms with van der Waals surface area (Å²) < 4.78 is 11.5. The summed E-state index contributed by atoms with van der Waals surface area (Å²) in [5.74, 6) is 1.41. The molecule has 0 saturated heterocycles. The van der Waals surface area contributed by atoms with Crippen molar-refractivity contribution in [2.24, 2.45) is 0 Å². The molecule has 126 valence electrons. The molecule has 3 rings (SSSR count). The van der Waals surface area contributed by atoms with Crippen LogP contribution in [0.2, 0.25) is 0 Å². The van der Waals surface area contributed by atoms with Gasteiger partial charge in [0.2, 0.25) is 0 Å². The highest BCUT2D eigenvalue weighted by atomic mass is 16.5. The number of nitrogens with zero attached hydrogens (tertiary/aromatic N) is 1. The first-order valence-electron chi connectivity index (χ1n) is 8.29. The average Bonchev–Trinajstić information content (AvgIpc) is 2.62. The molecule has 1 N–H and O–H groups in total. The van der Waals surface area contributed by atoms with Crippen molar-refractivity contribution >= 4 is 17.4 Å². The maximum absolute atomic E-state index is 12.9. The van der Waals surface area contributed by atoms with Crippen molar-refractivity contribution in [1.29, 1.82) is 0 Å². The summed E-state index contributed by atoms with van der Waals surface area (Å²) in [4.78, 5) is 14.6. The number of ether oxygens (including phenoxy) is 2. The van der Waals surface area contributed by atoms with E-state index < -0.39 is 0 Å². The molecule has 0 fully saturated rings. The first-order valence-corrected chi connectivity index (χ1v) is 8.29. The first kappa shape index (κ1) is 16.2. The number of hydrogen-bond donors (Lipinski definition) is 1. The van der Waals surface area contributed by atoms with Crippen molar-refractivity contribution in [3.05, 3.63) is 48.5 Å². The van der Waals surface area contributed by atoms with Crippen LogP contribution >= 0.6 is 0 Å². The minimum atomic E-state index is -0.184. The van der Waals surface area contributed by atoms with Crippen LogP contribution in [0, 0.1) is 0 Å². The summed E-state index contributed by atoms with van der Waals surface area (Å²) in [6, 6.07) is 14.9. The number of hydrogen-bond acceptors (Lipinski definition) is 3. The van der Waals surface area contributed by atoms with Gasteiger partial charge < -0.3 is 14.8 Å². The molecule has 2 amide bonds. The lowest BCUT2D eigenvalue weighted by atomic mass is 10.1. The summed E-state index contributed by atoms with van der Waals surface area (Å²) in [5, 5.41) is 2.96. The third kappa shape index (κ3) is 3.30. The highest BCUT2D eigenvalue weighted by molar-refractivity contribution is 6.03. The lowest BCUT2D eigenvalue weighted by molar-refractivity contribution is 0.188. The number of para-hydroxylation sites is 4. The third-order valence-corrected chi connectivity index (χ3v) is 3.96. The van der Waals surface area contributed by atoms with E-state index in [-0.39, 0.29) is 12.1 Å². The molecule has 2 aromatic rings. The number of fused-ring (bicyclic) bond motifs is 1.